The molecule has 0 bridgehead atoms. The van der Waals surface area contributed by atoms with Gasteiger partial charge in [-0.15, -0.1) is 0 Å². The predicted octanol–water partition coefficient (Wildman–Crippen LogP) is 0.937. The zero-order chi connectivity index (χ0) is 6.69. The highest BCUT2D eigenvalue weighted by molar-refractivity contribution is 5.75. The standard InChI is InChI=1S/C7H12NO/c1-6-3-2-4-7(9)8-5-6/h6H,2-5H2,1H3. The van der Waals surface area contributed by atoms with E-state index < -0.39 is 0 Å². The van der Waals surface area contributed by atoms with Crippen LogP contribution in [0.1, 0.15) is 26.2 Å². The van der Waals surface area contributed by atoms with E-state index in [-0.39, 0.29) is 5.91 Å². The van der Waals surface area contributed by atoms with Crippen molar-refractivity contribution in [3.05, 3.63) is 0 Å². The zero-order valence-corrected chi connectivity index (χ0v) is 5.76. The lowest BCUT2D eigenvalue weighted by Crippen LogP contribution is -2.16. The van der Waals surface area contributed by atoms with Gasteiger partial charge in [0.1, 0.15) is 0 Å². The summed E-state index contributed by atoms with van der Waals surface area (Å²) in [6, 6.07) is 0. The molecule has 0 N–H and O–H groups in total. The van der Waals surface area contributed by atoms with Gasteiger partial charge in [0.15, 0.2) is 0 Å². The second kappa shape index (κ2) is 2.85. The number of carbonyl (C=O) groups is 1. The highest BCUT2D eigenvalue weighted by atomic mass is 16.1. The van der Waals surface area contributed by atoms with Gasteiger partial charge < -0.3 is 0 Å². The normalized spacial score (nSPS) is 29.0. The Hall–Kier alpha value is -0.530. The number of nitrogens with zero attached hydrogens (tertiary/aromatic N) is 1. The maximum Gasteiger partial charge on any atom is 0.241 e. The molecule has 0 aromatic rings. The van der Waals surface area contributed by atoms with Gasteiger partial charge in [-0.1, -0.05) is 6.92 Å². The summed E-state index contributed by atoms with van der Waals surface area (Å²) in [6.45, 7) is 2.89. The third kappa shape index (κ3) is 2.04. The summed E-state index contributed by atoms with van der Waals surface area (Å²) in [5, 5.41) is 3.87. The Morgan fingerprint density at radius 2 is 2.44 bits per heavy atom. The van der Waals surface area contributed by atoms with Gasteiger partial charge >= 0.3 is 0 Å². The van der Waals surface area contributed by atoms with Crippen LogP contribution in [0.2, 0.25) is 0 Å². The lowest BCUT2D eigenvalue weighted by molar-refractivity contribution is -0.121. The van der Waals surface area contributed by atoms with Crippen LogP contribution >= 0.6 is 0 Å². The van der Waals surface area contributed by atoms with Crippen LogP contribution in [0.25, 0.3) is 0 Å². The van der Waals surface area contributed by atoms with E-state index in [1.165, 1.54) is 0 Å². The van der Waals surface area contributed by atoms with Crippen molar-refractivity contribution in [3.8, 4) is 0 Å². The molecule has 2 heteroatoms. The molecule has 1 saturated heterocycles. The van der Waals surface area contributed by atoms with Crippen LogP contribution < -0.4 is 5.32 Å². The molecule has 51 valence electrons. The molecule has 9 heavy (non-hydrogen) atoms. The van der Waals surface area contributed by atoms with Gasteiger partial charge in [-0.05, 0) is 18.8 Å². The average molecular weight is 126 g/mol. The van der Waals surface area contributed by atoms with Crippen LogP contribution in [0.4, 0.5) is 0 Å². The van der Waals surface area contributed by atoms with Crippen LogP contribution in [0, 0.1) is 5.92 Å². The maximum atomic E-state index is 10.7. The summed E-state index contributed by atoms with van der Waals surface area (Å²) >= 11 is 0. The Bertz CT molecular complexity index is 111. The van der Waals surface area contributed by atoms with E-state index in [0.717, 1.165) is 19.4 Å². The Morgan fingerprint density at radius 1 is 1.67 bits per heavy atom. The molecule has 1 radical (unpaired) electrons. The highest BCUT2D eigenvalue weighted by Crippen LogP contribution is 2.10. The van der Waals surface area contributed by atoms with Gasteiger partial charge in [-0.3, -0.25) is 10.1 Å². The largest absolute Gasteiger partial charge is 0.273 e. The van der Waals surface area contributed by atoms with Gasteiger partial charge in [-0.2, -0.15) is 0 Å². The van der Waals surface area contributed by atoms with Crippen molar-refractivity contribution in [2.75, 3.05) is 6.54 Å². The number of hydrogen-bond acceptors (Lipinski definition) is 1. The zero-order valence-electron chi connectivity index (χ0n) is 5.76. The van der Waals surface area contributed by atoms with E-state index in [1.807, 2.05) is 0 Å². The van der Waals surface area contributed by atoms with Crippen molar-refractivity contribution < 1.29 is 4.79 Å². The Balaban J connectivity index is 2.34. The fraction of sp³-hybridized carbons (Fsp3) is 0.857. The van der Waals surface area contributed by atoms with Crippen LogP contribution in [-0.2, 0) is 4.79 Å². The van der Waals surface area contributed by atoms with Crippen molar-refractivity contribution >= 4 is 5.91 Å². The molecule has 1 fully saturated rings. The summed E-state index contributed by atoms with van der Waals surface area (Å²) in [4.78, 5) is 10.7. The number of rotatable bonds is 0. The minimum absolute atomic E-state index is 0.0966. The second-order valence-electron chi connectivity index (χ2n) is 2.73. The topological polar surface area (TPSA) is 31.2 Å². The lowest BCUT2D eigenvalue weighted by atomic mass is 10.1. The van der Waals surface area contributed by atoms with Crippen molar-refractivity contribution in [1.29, 1.82) is 0 Å². The van der Waals surface area contributed by atoms with Crippen molar-refractivity contribution in [3.63, 3.8) is 0 Å². The molecular weight excluding hydrogens is 114 g/mol. The first-order valence-electron chi connectivity index (χ1n) is 3.49. The monoisotopic (exact) mass is 126 g/mol. The van der Waals surface area contributed by atoms with E-state index in [4.69, 9.17) is 0 Å². The average Bonchev–Trinajstić information content (AvgIpc) is 1.97. The summed E-state index contributed by atoms with van der Waals surface area (Å²) < 4.78 is 0. The molecule has 0 saturated carbocycles. The number of amides is 1. The van der Waals surface area contributed by atoms with Crippen molar-refractivity contribution in [1.82, 2.24) is 5.32 Å². The molecule has 1 heterocycles. The summed E-state index contributed by atoms with van der Waals surface area (Å²) in [5.41, 5.74) is 0. The quantitative estimate of drug-likeness (QED) is 0.475. The molecule has 1 aliphatic heterocycles. The van der Waals surface area contributed by atoms with Crippen molar-refractivity contribution in [2.45, 2.75) is 26.2 Å². The molecule has 0 aromatic heterocycles. The minimum Gasteiger partial charge on any atom is -0.273 e. The first kappa shape index (κ1) is 6.59. The molecule has 1 rings (SSSR count). The van der Waals surface area contributed by atoms with Gasteiger partial charge in [0.05, 0.1) is 0 Å². The van der Waals surface area contributed by atoms with Gasteiger partial charge in [0.2, 0.25) is 5.91 Å². The van der Waals surface area contributed by atoms with Crippen LogP contribution in [-0.4, -0.2) is 12.5 Å². The molecule has 1 unspecified atom stereocenters. The maximum absolute atomic E-state index is 10.7. The van der Waals surface area contributed by atoms with E-state index in [9.17, 15) is 4.79 Å². The van der Waals surface area contributed by atoms with Crippen LogP contribution in [0.3, 0.4) is 0 Å². The molecule has 2 nitrogen and oxygen atoms in total. The van der Waals surface area contributed by atoms with Gasteiger partial charge in [0.25, 0.3) is 0 Å². The van der Waals surface area contributed by atoms with Crippen LogP contribution in [0.15, 0.2) is 0 Å². The fourth-order valence-electron chi connectivity index (χ4n) is 1.03. The molecular formula is C7H12NO. The first-order valence-corrected chi connectivity index (χ1v) is 3.49. The molecule has 1 aliphatic rings. The Morgan fingerprint density at radius 3 is 3.22 bits per heavy atom. The predicted molar refractivity (Wildman–Crippen MR) is 35.0 cm³/mol. The minimum atomic E-state index is 0.0966. The van der Waals surface area contributed by atoms with E-state index >= 15 is 0 Å². The molecule has 0 aliphatic carbocycles. The van der Waals surface area contributed by atoms with E-state index in [1.54, 1.807) is 0 Å². The number of hydrogen-bond donors (Lipinski definition) is 0. The summed E-state index contributed by atoms with van der Waals surface area (Å²) in [6.07, 6.45) is 2.86. The Kier molecular flexibility index (Phi) is 2.09. The molecule has 0 spiro atoms. The first-order chi connectivity index (χ1) is 4.29. The van der Waals surface area contributed by atoms with E-state index in [2.05, 4.69) is 12.2 Å². The third-order valence-corrected chi connectivity index (χ3v) is 1.67. The van der Waals surface area contributed by atoms with Gasteiger partial charge in [-0.25, -0.2) is 0 Å². The number of carbonyl (C=O) groups excluding carboxylic acids is 1. The van der Waals surface area contributed by atoms with E-state index in [0.29, 0.717) is 12.3 Å². The molecule has 1 atom stereocenters. The van der Waals surface area contributed by atoms with Gasteiger partial charge in [0, 0.05) is 13.0 Å². The fourth-order valence-corrected chi connectivity index (χ4v) is 1.03. The molecule has 1 amide bonds. The summed E-state index contributed by atoms with van der Waals surface area (Å²) in [5.74, 6) is 0.718. The SMILES string of the molecule is CC1CCCC(=O)[N]C1. The van der Waals surface area contributed by atoms with Crippen LogP contribution in [0.5, 0.6) is 0 Å². The molecule has 0 aromatic carbocycles. The second-order valence-corrected chi connectivity index (χ2v) is 2.73. The third-order valence-electron chi connectivity index (χ3n) is 1.67. The smallest absolute Gasteiger partial charge is 0.241 e. The summed E-state index contributed by atoms with van der Waals surface area (Å²) in [7, 11) is 0. The lowest BCUT2D eigenvalue weighted by Gasteiger charge is -2.01. The highest BCUT2D eigenvalue weighted by Gasteiger charge is 2.12. The Labute approximate surface area is 55.6 Å². The van der Waals surface area contributed by atoms with Crippen molar-refractivity contribution in [2.24, 2.45) is 5.92 Å².